The Hall–Kier alpha value is -0.610. The smallest absolute Gasteiger partial charge is 0.306 e. The zero-order chi connectivity index (χ0) is 7.98. The Morgan fingerprint density at radius 1 is 1.80 bits per heavy atom. The molecule has 0 aromatic heterocycles. The summed E-state index contributed by atoms with van der Waals surface area (Å²) in [5, 5.41) is 18.5. The van der Waals surface area contributed by atoms with Crippen LogP contribution in [-0.4, -0.2) is 23.8 Å². The lowest BCUT2D eigenvalue weighted by Crippen LogP contribution is -2.15. The molecule has 1 N–H and O–H groups in total. The Balaban J connectivity index is 3.26. The van der Waals surface area contributed by atoms with E-state index in [9.17, 15) is 9.90 Å². The average Bonchev–Trinajstić information content (AvgIpc) is 1.99. The topological polar surface area (TPSA) is 66.4 Å². The van der Waals surface area contributed by atoms with Crippen molar-refractivity contribution in [3.63, 3.8) is 0 Å². The number of hydrogen-bond acceptors (Lipinski definition) is 3. The van der Waals surface area contributed by atoms with Crippen molar-refractivity contribution < 1.29 is 19.7 Å². The summed E-state index contributed by atoms with van der Waals surface area (Å²) in [7, 11) is 0. The maximum absolute atomic E-state index is 10.4. The minimum atomic E-state index is -1.32. The average molecular weight is 146 g/mol. The Morgan fingerprint density at radius 3 is 2.80 bits per heavy atom. The second kappa shape index (κ2) is 5.20. The predicted octanol–water partition coefficient (Wildman–Crippen LogP) is -0.107. The molecule has 1 atom stereocenters. The summed E-state index contributed by atoms with van der Waals surface area (Å²) in [6, 6.07) is 0. The molecule has 0 aliphatic carbocycles. The van der Waals surface area contributed by atoms with Crippen LogP contribution < -0.4 is 0 Å². The molecule has 10 heavy (non-hydrogen) atoms. The summed E-state index contributed by atoms with van der Waals surface area (Å²) in [5.74, 6) is -0.464. The molecule has 58 valence electrons. The van der Waals surface area contributed by atoms with Crippen molar-refractivity contribution >= 4 is 5.97 Å². The van der Waals surface area contributed by atoms with E-state index in [1.54, 1.807) is 6.92 Å². The SMILES string of the molecule is CCC(=O)O[CH]C([O])CO. The van der Waals surface area contributed by atoms with Crippen LogP contribution in [0.5, 0.6) is 0 Å². The van der Waals surface area contributed by atoms with Gasteiger partial charge >= 0.3 is 5.97 Å². The van der Waals surface area contributed by atoms with Gasteiger partial charge < -0.3 is 9.84 Å². The number of hydrogen-bond donors (Lipinski definition) is 1. The Labute approximate surface area is 59.4 Å². The molecule has 0 aliphatic rings. The maximum atomic E-state index is 10.4. The minimum absolute atomic E-state index is 0.231. The third-order valence-corrected chi connectivity index (χ3v) is 0.820. The second-order valence-corrected chi connectivity index (χ2v) is 1.70. The predicted molar refractivity (Wildman–Crippen MR) is 32.2 cm³/mol. The summed E-state index contributed by atoms with van der Waals surface area (Å²) >= 11 is 0. The molecule has 1 unspecified atom stereocenters. The van der Waals surface area contributed by atoms with E-state index in [1.807, 2.05) is 0 Å². The van der Waals surface area contributed by atoms with E-state index >= 15 is 0 Å². The lowest BCUT2D eigenvalue weighted by Gasteiger charge is -2.03. The van der Waals surface area contributed by atoms with E-state index in [1.165, 1.54) is 0 Å². The van der Waals surface area contributed by atoms with E-state index in [0.717, 1.165) is 6.61 Å². The second-order valence-electron chi connectivity index (χ2n) is 1.70. The number of aliphatic hydroxyl groups excluding tert-OH is 1. The molecule has 0 saturated heterocycles. The first-order valence-electron chi connectivity index (χ1n) is 3.00. The summed E-state index contributed by atoms with van der Waals surface area (Å²) in [6.07, 6.45) is -1.09. The summed E-state index contributed by atoms with van der Waals surface area (Å²) in [4.78, 5) is 10.4. The number of rotatable bonds is 4. The van der Waals surface area contributed by atoms with Gasteiger partial charge in [-0.05, 0) is 0 Å². The van der Waals surface area contributed by atoms with Gasteiger partial charge in [-0.1, -0.05) is 6.92 Å². The molecule has 0 aromatic rings. The standard InChI is InChI=1S/C6H10O4/c1-2-6(9)10-4-5(8)3-7/h4-5,7H,2-3H2,1H3. The first kappa shape index (κ1) is 9.39. The monoisotopic (exact) mass is 146 g/mol. The van der Waals surface area contributed by atoms with Crippen LogP contribution in [0, 0.1) is 6.61 Å². The van der Waals surface area contributed by atoms with Gasteiger partial charge in [-0.15, -0.1) is 0 Å². The summed E-state index contributed by atoms with van der Waals surface area (Å²) in [6.45, 7) is 1.87. The molecule has 0 bridgehead atoms. The van der Waals surface area contributed by atoms with Gasteiger partial charge in [0.2, 0.25) is 0 Å². The molecule has 0 aromatic carbocycles. The van der Waals surface area contributed by atoms with Crippen LogP contribution in [-0.2, 0) is 14.6 Å². The fourth-order valence-corrected chi connectivity index (χ4v) is 0.278. The Morgan fingerprint density at radius 2 is 2.40 bits per heavy atom. The van der Waals surface area contributed by atoms with Crippen molar-refractivity contribution in [1.29, 1.82) is 0 Å². The Bertz CT molecular complexity index is 102. The van der Waals surface area contributed by atoms with Gasteiger partial charge in [0.05, 0.1) is 6.61 Å². The summed E-state index contributed by atoms with van der Waals surface area (Å²) < 4.78 is 4.31. The third-order valence-electron chi connectivity index (χ3n) is 0.820. The van der Waals surface area contributed by atoms with Crippen molar-refractivity contribution in [2.24, 2.45) is 0 Å². The first-order chi connectivity index (χ1) is 4.70. The van der Waals surface area contributed by atoms with Crippen molar-refractivity contribution in [2.75, 3.05) is 6.61 Å². The van der Waals surface area contributed by atoms with Crippen molar-refractivity contribution in [2.45, 2.75) is 19.4 Å². The highest BCUT2D eigenvalue weighted by molar-refractivity contribution is 5.69. The zero-order valence-electron chi connectivity index (χ0n) is 5.74. The first-order valence-corrected chi connectivity index (χ1v) is 3.00. The van der Waals surface area contributed by atoms with E-state index in [0.29, 0.717) is 0 Å². The molecule has 4 heteroatoms. The van der Waals surface area contributed by atoms with Gasteiger partial charge in [-0.25, -0.2) is 5.11 Å². The number of carbonyl (C=O) groups excluding carboxylic acids is 1. The number of esters is 1. The lowest BCUT2D eigenvalue weighted by atomic mass is 10.4. The van der Waals surface area contributed by atoms with E-state index in [4.69, 9.17) is 5.11 Å². The van der Waals surface area contributed by atoms with E-state index in [-0.39, 0.29) is 6.42 Å². The van der Waals surface area contributed by atoms with Crippen LogP contribution in [0.1, 0.15) is 13.3 Å². The maximum Gasteiger partial charge on any atom is 0.306 e. The molecule has 0 fully saturated rings. The van der Waals surface area contributed by atoms with Gasteiger partial charge in [0.25, 0.3) is 0 Å². The molecule has 4 nitrogen and oxygen atoms in total. The number of aliphatic hydroxyl groups is 1. The molecular formula is C6H10O4. The van der Waals surface area contributed by atoms with Gasteiger partial charge in [0.15, 0.2) is 12.7 Å². The van der Waals surface area contributed by atoms with Gasteiger partial charge in [0.1, 0.15) is 0 Å². The van der Waals surface area contributed by atoms with Gasteiger partial charge in [0, 0.05) is 6.42 Å². The van der Waals surface area contributed by atoms with Crippen molar-refractivity contribution in [3.05, 3.63) is 6.61 Å². The number of ether oxygens (including phenoxy) is 1. The number of carbonyl (C=O) groups is 1. The van der Waals surface area contributed by atoms with Crippen molar-refractivity contribution in [3.8, 4) is 0 Å². The highest BCUT2D eigenvalue weighted by Gasteiger charge is 2.07. The molecular weight excluding hydrogens is 136 g/mol. The Kier molecular flexibility index (Phi) is 4.88. The lowest BCUT2D eigenvalue weighted by molar-refractivity contribution is -0.142. The van der Waals surface area contributed by atoms with Crippen molar-refractivity contribution in [1.82, 2.24) is 0 Å². The highest BCUT2D eigenvalue weighted by Crippen LogP contribution is 1.93. The molecule has 0 rings (SSSR count). The third kappa shape index (κ3) is 4.29. The molecule has 0 amide bonds. The molecule has 0 aliphatic heterocycles. The van der Waals surface area contributed by atoms with E-state index in [2.05, 4.69) is 4.74 Å². The normalized spacial score (nSPS) is 12.7. The molecule has 2 radical (unpaired) electrons. The molecule has 0 spiro atoms. The fourth-order valence-electron chi connectivity index (χ4n) is 0.278. The van der Waals surface area contributed by atoms with Crippen LogP contribution in [0.15, 0.2) is 0 Å². The van der Waals surface area contributed by atoms with Gasteiger partial charge in [-0.3, -0.25) is 4.79 Å². The van der Waals surface area contributed by atoms with Crippen LogP contribution in [0.3, 0.4) is 0 Å². The van der Waals surface area contributed by atoms with Crippen LogP contribution >= 0.6 is 0 Å². The highest BCUT2D eigenvalue weighted by atomic mass is 16.5. The van der Waals surface area contributed by atoms with Crippen LogP contribution in [0.25, 0.3) is 0 Å². The molecule has 0 saturated carbocycles. The van der Waals surface area contributed by atoms with Gasteiger partial charge in [-0.2, -0.15) is 0 Å². The quantitative estimate of drug-likeness (QED) is 0.563. The summed E-state index contributed by atoms with van der Waals surface area (Å²) in [5.41, 5.74) is 0. The van der Waals surface area contributed by atoms with E-state index < -0.39 is 18.7 Å². The molecule has 0 heterocycles. The largest absolute Gasteiger partial charge is 0.455 e. The van der Waals surface area contributed by atoms with Crippen LogP contribution in [0.4, 0.5) is 0 Å². The zero-order valence-corrected chi connectivity index (χ0v) is 5.74. The fraction of sp³-hybridized carbons (Fsp3) is 0.667. The minimum Gasteiger partial charge on any atom is -0.455 e. The van der Waals surface area contributed by atoms with Crippen LogP contribution in [0.2, 0.25) is 0 Å².